The molecule has 0 bridgehead atoms. The zero-order valence-corrected chi connectivity index (χ0v) is 20.4. The first-order chi connectivity index (χ1) is 16.3. The first kappa shape index (κ1) is 23.4. The number of carbonyl (C=O) groups is 1. The molecular formula is C24H27N5O4S. The fourth-order valence-corrected chi connectivity index (χ4v) is 5.39. The summed E-state index contributed by atoms with van der Waals surface area (Å²) < 4.78 is 16.4. The molecule has 1 amide bonds. The highest BCUT2D eigenvalue weighted by Gasteiger charge is 2.29. The molecule has 1 aliphatic rings. The lowest BCUT2D eigenvalue weighted by molar-refractivity contribution is 0.0703. The van der Waals surface area contributed by atoms with Crippen LogP contribution in [-0.2, 0) is 0 Å². The highest BCUT2D eigenvalue weighted by Crippen LogP contribution is 2.47. The summed E-state index contributed by atoms with van der Waals surface area (Å²) in [5, 5.41) is 10.5. The van der Waals surface area contributed by atoms with Crippen LogP contribution in [0.4, 0.5) is 11.5 Å². The van der Waals surface area contributed by atoms with Crippen molar-refractivity contribution in [1.82, 2.24) is 9.88 Å². The molecular weight excluding hydrogens is 454 g/mol. The minimum absolute atomic E-state index is 0.0609. The van der Waals surface area contributed by atoms with E-state index in [4.69, 9.17) is 25.7 Å². The van der Waals surface area contributed by atoms with Crippen LogP contribution in [0.5, 0.6) is 17.2 Å². The van der Waals surface area contributed by atoms with Crippen LogP contribution in [0.2, 0.25) is 0 Å². The number of aromatic nitrogens is 1. The van der Waals surface area contributed by atoms with Crippen LogP contribution in [-0.4, -0.2) is 50.2 Å². The predicted octanol–water partition coefficient (Wildman–Crippen LogP) is 3.90. The van der Waals surface area contributed by atoms with Crippen LogP contribution in [0, 0.1) is 17.2 Å². The van der Waals surface area contributed by atoms with Crippen LogP contribution < -0.4 is 25.7 Å². The zero-order chi connectivity index (χ0) is 24.6. The number of hydrogen-bond donors (Lipinski definition) is 2. The van der Waals surface area contributed by atoms with E-state index in [2.05, 4.69) is 18.0 Å². The number of ether oxygens (including phenoxy) is 3. The molecule has 0 saturated carbocycles. The summed E-state index contributed by atoms with van der Waals surface area (Å²) in [6.45, 7) is 3.56. The molecule has 1 aliphatic heterocycles. The second-order valence-electron chi connectivity index (χ2n) is 8.27. The van der Waals surface area contributed by atoms with Crippen molar-refractivity contribution >= 4 is 39.0 Å². The van der Waals surface area contributed by atoms with E-state index < -0.39 is 0 Å². The van der Waals surface area contributed by atoms with Crippen molar-refractivity contribution in [3.8, 4) is 34.4 Å². The zero-order valence-electron chi connectivity index (χ0n) is 19.6. The molecule has 0 spiro atoms. The van der Waals surface area contributed by atoms with Crippen molar-refractivity contribution in [2.45, 2.75) is 19.8 Å². The van der Waals surface area contributed by atoms with E-state index >= 15 is 0 Å². The van der Waals surface area contributed by atoms with Gasteiger partial charge < -0.3 is 30.6 Å². The Morgan fingerprint density at radius 1 is 1.15 bits per heavy atom. The molecule has 3 aromatic rings. The molecule has 9 nitrogen and oxygen atoms in total. The second-order valence-corrected chi connectivity index (χ2v) is 9.27. The Kier molecular flexibility index (Phi) is 6.39. The lowest BCUT2D eigenvalue weighted by Gasteiger charge is -2.30. The Hall–Kier alpha value is -3.71. The molecule has 34 heavy (non-hydrogen) atoms. The number of nitrogens with two attached hydrogens (primary N) is 2. The van der Waals surface area contributed by atoms with Gasteiger partial charge in [0.15, 0.2) is 11.5 Å². The van der Waals surface area contributed by atoms with Gasteiger partial charge in [-0.25, -0.2) is 4.98 Å². The van der Waals surface area contributed by atoms with Crippen molar-refractivity contribution in [2.24, 2.45) is 5.92 Å². The number of methoxy groups -OCH3 is 3. The normalized spacial score (nSPS) is 14.1. The molecule has 1 aromatic carbocycles. The maximum absolute atomic E-state index is 13.3. The van der Waals surface area contributed by atoms with Crippen molar-refractivity contribution < 1.29 is 19.0 Å². The topological polar surface area (TPSA) is 137 Å². The molecule has 1 fully saturated rings. The van der Waals surface area contributed by atoms with Gasteiger partial charge in [0.25, 0.3) is 5.91 Å². The first-order valence-electron chi connectivity index (χ1n) is 10.9. The smallest absolute Gasteiger partial charge is 0.266 e. The number of fused-ring (bicyclic) bond motifs is 1. The van der Waals surface area contributed by atoms with Crippen LogP contribution in [0.1, 0.15) is 35.0 Å². The van der Waals surface area contributed by atoms with Crippen molar-refractivity contribution in [3.05, 3.63) is 22.6 Å². The number of pyridine rings is 1. The minimum atomic E-state index is -0.125. The summed E-state index contributed by atoms with van der Waals surface area (Å²) >= 11 is 1.19. The Bertz CT molecular complexity index is 1280. The van der Waals surface area contributed by atoms with Gasteiger partial charge in [0.2, 0.25) is 5.75 Å². The Morgan fingerprint density at radius 3 is 2.29 bits per heavy atom. The Morgan fingerprint density at radius 2 is 1.76 bits per heavy atom. The SMILES string of the molecule is COc1cc(-c2c(C#N)c(N)nc3sc(C(=O)N4CCC(C)CC4)c(N)c23)cc(OC)c1OC. The third-order valence-electron chi connectivity index (χ3n) is 6.23. The number of carbonyl (C=O) groups excluding carboxylic acids is 1. The number of amides is 1. The molecule has 0 unspecified atom stereocenters. The van der Waals surface area contributed by atoms with Gasteiger partial charge >= 0.3 is 0 Å². The summed E-state index contributed by atoms with van der Waals surface area (Å²) in [7, 11) is 4.54. The molecule has 0 aliphatic carbocycles. The second kappa shape index (κ2) is 9.27. The van der Waals surface area contributed by atoms with Crippen LogP contribution >= 0.6 is 11.3 Å². The van der Waals surface area contributed by atoms with E-state index in [9.17, 15) is 10.1 Å². The number of likely N-dealkylation sites (tertiary alicyclic amines) is 1. The number of nitrogens with zero attached hydrogens (tertiary/aromatic N) is 3. The van der Waals surface area contributed by atoms with Crippen LogP contribution in [0.15, 0.2) is 12.1 Å². The van der Waals surface area contributed by atoms with Gasteiger partial charge in [-0.15, -0.1) is 11.3 Å². The van der Waals surface area contributed by atoms with E-state index in [1.807, 2.05) is 4.90 Å². The molecule has 0 atom stereocenters. The van der Waals surface area contributed by atoms with Crippen molar-refractivity contribution in [2.75, 3.05) is 45.9 Å². The minimum Gasteiger partial charge on any atom is -0.493 e. The quantitative estimate of drug-likeness (QED) is 0.560. The Labute approximate surface area is 201 Å². The van der Waals surface area contributed by atoms with Crippen molar-refractivity contribution in [1.29, 1.82) is 5.26 Å². The van der Waals surface area contributed by atoms with E-state index in [1.54, 1.807) is 12.1 Å². The fourth-order valence-electron chi connectivity index (χ4n) is 4.31. The summed E-state index contributed by atoms with van der Waals surface area (Å²) in [6.07, 6.45) is 1.91. The number of anilines is 2. The highest BCUT2D eigenvalue weighted by atomic mass is 32.1. The van der Waals surface area contributed by atoms with Gasteiger partial charge in [0.05, 0.1) is 27.0 Å². The molecule has 4 N–H and O–H groups in total. The Balaban J connectivity index is 1.96. The summed E-state index contributed by atoms with van der Waals surface area (Å²) in [6, 6.07) is 5.59. The maximum Gasteiger partial charge on any atom is 0.266 e. The van der Waals surface area contributed by atoms with Gasteiger partial charge in [0.1, 0.15) is 27.2 Å². The highest BCUT2D eigenvalue weighted by molar-refractivity contribution is 7.21. The van der Waals surface area contributed by atoms with E-state index in [0.29, 0.717) is 62.5 Å². The number of thiophene rings is 1. The van der Waals surface area contributed by atoms with E-state index in [0.717, 1.165) is 12.8 Å². The third kappa shape index (κ3) is 3.82. The lowest BCUT2D eigenvalue weighted by atomic mass is 9.96. The standard InChI is InChI=1S/C24H27N5O4S/c1-12-5-7-29(8-6-12)24(30)21-19(26)18-17(14(11-25)22(27)28-23(18)34-21)13-9-15(31-2)20(33-4)16(10-13)32-3/h9-10,12H,5-8,26H2,1-4H3,(H2,27,28). The van der Waals surface area contributed by atoms with Crippen molar-refractivity contribution in [3.63, 3.8) is 0 Å². The number of rotatable bonds is 5. The molecule has 1 saturated heterocycles. The van der Waals surface area contributed by atoms with E-state index in [1.165, 1.54) is 32.7 Å². The first-order valence-corrected chi connectivity index (χ1v) is 11.7. The summed E-state index contributed by atoms with van der Waals surface area (Å²) in [4.78, 5) is 20.5. The monoisotopic (exact) mass is 481 g/mol. The van der Waals surface area contributed by atoms with Gasteiger partial charge in [-0.1, -0.05) is 6.92 Å². The average molecular weight is 482 g/mol. The maximum atomic E-state index is 13.3. The van der Waals surface area contributed by atoms with Gasteiger partial charge in [-0.2, -0.15) is 5.26 Å². The van der Waals surface area contributed by atoms with Gasteiger partial charge in [0, 0.05) is 24.0 Å². The van der Waals surface area contributed by atoms with Gasteiger partial charge in [-0.05, 0) is 36.5 Å². The predicted molar refractivity (Wildman–Crippen MR) is 133 cm³/mol. The number of hydrogen-bond acceptors (Lipinski definition) is 9. The fraction of sp³-hybridized carbons (Fsp3) is 0.375. The molecule has 0 radical (unpaired) electrons. The number of nitrogen functional groups attached to an aromatic ring is 2. The molecule has 3 heterocycles. The molecule has 10 heteroatoms. The number of piperidine rings is 1. The molecule has 2 aromatic heterocycles. The van der Waals surface area contributed by atoms with Gasteiger partial charge in [-0.3, -0.25) is 4.79 Å². The lowest BCUT2D eigenvalue weighted by Crippen LogP contribution is -2.37. The third-order valence-corrected chi connectivity index (χ3v) is 7.32. The number of benzene rings is 1. The summed E-state index contributed by atoms with van der Waals surface area (Å²) in [5.41, 5.74) is 14.3. The van der Waals surface area contributed by atoms with Crippen LogP contribution in [0.3, 0.4) is 0 Å². The summed E-state index contributed by atoms with van der Waals surface area (Å²) in [5.74, 6) is 1.77. The number of nitriles is 1. The van der Waals surface area contributed by atoms with E-state index in [-0.39, 0.29) is 23.0 Å². The molecule has 4 rings (SSSR count). The largest absolute Gasteiger partial charge is 0.493 e. The molecule has 178 valence electrons. The van der Waals surface area contributed by atoms with Crippen LogP contribution in [0.25, 0.3) is 21.3 Å². The average Bonchev–Trinajstić information content (AvgIpc) is 3.17.